The Hall–Kier alpha value is -4.14. The highest BCUT2D eigenvalue weighted by atomic mass is 32.2. The summed E-state index contributed by atoms with van der Waals surface area (Å²) in [4.78, 5) is 22.7. The van der Waals surface area contributed by atoms with Crippen molar-refractivity contribution in [3.63, 3.8) is 0 Å². The molecule has 3 aromatic carbocycles. The molecule has 0 fully saturated rings. The first-order valence-electron chi connectivity index (χ1n) is 12.0. The van der Waals surface area contributed by atoms with Crippen LogP contribution >= 0.6 is 0 Å². The molecule has 2 N–H and O–H groups in total. The van der Waals surface area contributed by atoms with Gasteiger partial charge in [-0.25, -0.2) is 13.8 Å². The fraction of sp³-hybridized carbons (Fsp3) is 0.231. The number of hydrazone groups is 1. The standard InChI is InChI=1S/C26H28N4O8S2/c1-18(2)16-25(29-39(34,35)23-12-4-19(3)5-13-23)26(31)28-27-17-20-6-10-22(11-7-20)38-40(36,37)24-14-8-21(9-15-24)30(32)33/h4-15,17-18,25,29H,16H2,1-3H3,(H,28,31)/b27-17-/t25-/m0/s1. The van der Waals surface area contributed by atoms with Gasteiger partial charge < -0.3 is 4.18 Å². The maximum atomic E-state index is 12.8. The highest BCUT2D eigenvalue weighted by Crippen LogP contribution is 2.21. The molecule has 0 bridgehead atoms. The molecule has 3 rings (SSSR count). The van der Waals surface area contributed by atoms with Crippen molar-refractivity contribution in [3.8, 4) is 5.75 Å². The van der Waals surface area contributed by atoms with E-state index in [-0.39, 0.29) is 33.6 Å². The summed E-state index contributed by atoms with van der Waals surface area (Å²) in [5.41, 5.74) is 3.47. The Bertz CT molecular complexity index is 1590. The Labute approximate surface area is 232 Å². The second-order valence-corrected chi connectivity index (χ2v) is 12.5. The maximum Gasteiger partial charge on any atom is 0.339 e. The quantitative estimate of drug-likeness (QED) is 0.140. The maximum absolute atomic E-state index is 12.8. The van der Waals surface area contributed by atoms with E-state index in [2.05, 4.69) is 15.2 Å². The monoisotopic (exact) mass is 588 g/mol. The fourth-order valence-electron chi connectivity index (χ4n) is 3.42. The average Bonchev–Trinajstić information content (AvgIpc) is 2.89. The summed E-state index contributed by atoms with van der Waals surface area (Å²) in [5, 5.41) is 14.6. The van der Waals surface area contributed by atoms with Gasteiger partial charge in [0, 0.05) is 12.1 Å². The SMILES string of the molecule is Cc1ccc(S(=O)(=O)N[C@@H](CC(C)C)C(=O)N/N=C\c2ccc(OS(=O)(=O)c3ccc([N+](=O)[O-])cc3)cc2)cc1. The molecule has 0 aromatic heterocycles. The van der Waals surface area contributed by atoms with E-state index in [0.717, 1.165) is 29.8 Å². The zero-order valence-electron chi connectivity index (χ0n) is 21.8. The van der Waals surface area contributed by atoms with Gasteiger partial charge in [0.1, 0.15) is 16.7 Å². The Morgan fingerprint density at radius 2 is 1.52 bits per heavy atom. The molecule has 212 valence electrons. The van der Waals surface area contributed by atoms with E-state index < -0.39 is 37.0 Å². The molecule has 3 aromatic rings. The first-order valence-corrected chi connectivity index (χ1v) is 14.9. The van der Waals surface area contributed by atoms with Gasteiger partial charge in [-0.1, -0.05) is 31.5 Å². The Morgan fingerprint density at radius 3 is 2.08 bits per heavy atom. The van der Waals surface area contributed by atoms with Crippen LogP contribution in [0.15, 0.2) is 87.7 Å². The number of carbonyl (C=O) groups excluding carboxylic acids is 1. The second kappa shape index (κ2) is 12.8. The number of nitrogens with one attached hydrogen (secondary N) is 2. The van der Waals surface area contributed by atoms with E-state index in [1.807, 2.05) is 20.8 Å². The number of benzene rings is 3. The van der Waals surface area contributed by atoms with E-state index >= 15 is 0 Å². The number of rotatable bonds is 12. The summed E-state index contributed by atoms with van der Waals surface area (Å²) in [6.45, 7) is 5.55. The van der Waals surface area contributed by atoms with Crippen LogP contribution in [0.2, 0.25) is 0 Å². The molecule has 0 spiro atoms. The highest BCUT2D eigenvalue weighted by Gasteiger charge is 2.26. The molecule has 14 heteroatoms. The van der Waals surface area contributed by atoms with Gasteiger partial charge in [-0.05, 0) is 73.4 Å². The lowest BCUT2D eigenvalue weighted by Gasteiger charge is -2.19. The first kappa shape index (κ1) is 30.4. The molecule has 0 aliphatic heterocycles. The lowest BCUT2D eigenvalue weighted by molar-refractivity contribution is -0.384. The number of non-ortho nitro benzene ring substituents is 1. The van der Waals surface area contributed by atoms with Crippen LogP contribution in [0.25, 0.3) is 0 Å². The van der Waals surface area contributed by atoms with Crippen molar-refractivity contribution in [1.29, 1.82) is 0 Å². The number of hydrogen-bond donors (Lipinski definition) is 2. The molecule has 1 atom stereocenters. The summed E-state index contributed by atoms with van der Waals surface area (Å²) in [6.07, 6.45) is 1.54. The molecular formula is C26H28N4O8S2. The first-order chi connectivity index (χ1) is 18.8. The van der Waals surface area contributed by atoms with Crippen LogP contribution in [0.3, 0.4) is 0 Å². The molecule has 0 unspecified atom stereocenters. The molecule has 40 heavy (non-hydrogen) atoms. The predicted octanol–water partition coefficient (Wildman–Crippen LogP) is 3.51. The second-order valence-electron chi connectivity index (χ2n) is 9.21. The summed E-state index contributed by atoms with van der Waals surface area (Å²) in [5.74, 6) is -0.646. The summed E-state index contributed by atoms with van der Waals surface area (Å²) in [7, 11) is -8.17. The van der Waals surface area contributed by atoms with Crippen molar-refractivity contribution < 1.29 is 30.7 Å². The van der Waals surface area contributed by atoms with Crippen molar-refractivity contribution in [2.24, 2.45) is 11.0 Å². The van der Waals surface area contributed by atoms with E-state index in [4.69, 9.17) is 4.18 Å². The molecule has 0 heterocycles. The zero-order chi connectivity index (χ0) is 29.5. The molecule has 0 saturated carbocycles. The normalized spacial score (nSPS) is 12.8. The fourth-order valence-corrected chi connectivity index (χ4v) is 5.56. The zero-order valence-corrected chi connectivity index (χ0v) is 23.5. The van der Waals surface area contributed by atoms with Gasteiger partial charge >= 0.3 is 10.1 Å². The van der Waals surface area contributed by atoms with Crippen molar-refractivity contribution in [1.82, 2.24) is 10.1 Å². The van der Waals surface area contributed by atoms with Gasteiger partial charge in [0.25, 0.3) is 11.6 Å². The summed E-state index contributed by atoms with van der Waals surface area (Å²) >= 11 is 0. The molecule has 0 aliphatic carbocycles. The lowest BCUT2D eigenvalue weighted by atomic mass is 10.0. The number of nitro groups is 1. The van der Waals surface area contributed by atoms with E-state index in [9.17, 15) is 31.7 Å². The van der Waals surface area contributed by atoms with Crippen LogP contribution in [-0.4, -0.2) is 39.9 Å². The number of hydrogen-bond acceptors (Lipinski definition) is 9. The Morgan fingerprint density at radius 1 is 0.950 bits per heavy atom. The van der Waals surface area contributed by atoms with E-state index in [1.54, 1.807) is 12.1 Å². The minimum absolute atomic E-state index is 0.00951. The van der Waals surface area contributed by atoms with E-state index in [0.29, 0.717) is 5.56 Å². The van der Waals surface area contributed by atoms with E-state index in [1.165, 1.54) is 42.6 Å². The minimum atomic E-state index is -4.22. The number of carbonyl (C=O) groups is 1. The molecular weight excluding hydrogens is 560 g/mol. The average molecular weight is 589 g/mol. The van der Waals surface area contributed by atoms with Crippen molar-refractivity contribution in [2.75, 3.05) is 0 Å². The van der Waals surface area contributed by atoms with Gasteiger partial charge in [0.05, 0.1) is 16.0 Å². The predicted molar refractivity (Wildman–Crippen MR) is 148 cm³/mol. The Kier molecular flexibility index (Phi) is 9.74. The number of sulfonamides is 1. The molecule has 1 amide bonds. The minimum Gasteiger partial charge on any atom is -0.379 e. The summed E-state index contributed by atoms with van der Waals surface area (Å²) < 4.78 is 58.0. The third kappa shape index (κ3) is 8.43. The highest BCUT2D eigenvalue weighted by molar-refractivity contribution is 7.89. The van der Waals surface area contributed by atoms with Crippen molar-refractivity contribution >= 4 is 38.0 Å². The molecule has 0 radical (unpaired) electrons. The van der Waals surface area contributed by atoms with Gasteiger partial charge in [-0.3, -0.25) is 14.9 Å². The van der Waals surface area contributed by atoms with Crippen LogP contribution in [0, 0.1) is 23.0 Å². The molecule has 0 aliphatic rings. The van der Waals surface area contributed by atoms with Crippen LogP contribution in [0.4, 0.5) is 5.69 Å². The van der Waals surface area contributed by atoms with Gasteiger partial charge in [-0.2, -0.15) is 18.2 Å². The lowest BCUT2D eigenvalue weighted by Crippen LogP contribution is -2.46. The number of nitrogens with zero attached hydrogens (tertiary/aromatic N) is 2. The van der Waals surface area contributed by atoms with Gasteiger partial charge in [-0.15, -0.1) is 0 Å². The molecule has 0 saturated heterocycles. The third-order valence-electron chi connectivity index (χ3n) is 5.46. The van der Waals surface area contributed by atoms with Crippen LogP contribution in [0.1, 0.15) is 31.4 Å². The van der Waals surface area contributed by atoms with Crippen molar-refractivity contribution in [2.45, 2.75) is 43.0 Å². The van der Waals surface area contributed by atoms with Crippen molar-refractivity contribution in [3.05, 3.63) is 94.0 Å². The van der Waals surface area contributed by atoms with Crippen LogP contribution in [-0.2, 0) is 24.9 Å². The molecule has 12 nitrogen and oxygen atoms in total. The van der Waals surface area contributed by atoms with Crippen LogP contribution < -0.4 is 14.3 Å². The topological polar surface area (TPSA) is 174 Å². The summed E-state index contributed by atoms with van der Waals surface area (Å²) in [6, 6.07) is 15.2. The Balaban J connectivity index is 1.63. The largest absolute Gasteiger partial charge is 0.379 e. The van der Waals surface area contributed by atoms with Gasteiger partial charge in [0.15, 0.2) is 0 Å². The number of nitro benzene ring substituents is 1. The van der Waals surface area contributed by atoms with Crippen LogP contribution in [0.5, 0.6) is 5.75 Å². The smallest absolute Gasteiger partial charge is 0.339 e. The number of amides is 1. The number of aryl methyl sites for hydroxylation is 1. The van der Waals surface area contributed by atoms with Gasteiger partial charge in [0.2, 0.25) is 10.0 Å². The third-order valence-corrected chi connectivity index (χ3v) is 8.21.